The van der Waals surface area contributed by atoms with Crippen LogP contribution in [-0.2, 0) is 34.0 Å². The molecule has 42 heavy (non-hydrogen) atoms. The topological polar surface area (TPSA) is 253 Å². The largest absolute Gasteiger partial charge is 0.381 e. The second-order valence-electron chi connectivity index (χ2n) is 10.2. The predicted octanol–water partition coefficient (Wildman–Crippen LogP) is -3.42. The molecule has 5 rings (SSSR count). The summed E-state index contributed by atoms with van der Waals surface area (Å²) in [5.74, 6) is -18.5. The van der Waals surface area contributed by atoms with Crippen molar-refractivity contribution in [2.45, 2.75) is 62.3 Å². The molecule has 3 heterocycles. The van der Waals surface area contributed by atoms with Crippen LogP contribution in [0.3, 0.4) is 0 Å². The number of halogens is 1. The molecule has 17 heteroatoms. The van der Waals surface area contributed by atoms with Crippen molar-refractivity contribution in [1.82, 2.24) is 15.1 Å². The van der Waals surface area contributed by atoms with Crippen LogP contribution in [0.25, 0.3) is 0 Å². The maximum absolute atomic E-state index is 15.0. The van der Waals surface area contributed by atoms with Gasteiger partial charge in [0.15, 0.2) is 0 Å². The van der Waals surface area contributed by atoms with Gasteiger partial charge in [-0.25, -0.2) is 4.39 Å². The molecule has 226 valence electrons. The average Bonchev–Trinajstić information content (AvgIpc) is 3.22. The van der Waals surface area contributed by atoms with Crippen LogP contribution in [0, 0.1) is 5.82 Å². The molecular weight excluding hydrogens is 567 g/mol. The van der Waals surface area contributed by atoms with Crippen molar-refractivity contribution < 1.29 is 64.4 Å². The van der Waals surface area contributed by atoms with Gasteiger partial charge in [0.05, 0.1) is 0 Å². The number of nitrogens with zero attached hydrogens (tertiary/aromatic N) is 2. The Morgan fingerprint density at radius 2 is 1.64 bits per heavy atom. The van der Waals surface area contributed by atoms with E-state index in [1.54, 1.807) is 18.2 Å². The lowest BCUT2D eigenvalue weighted by molar-refractivity contribution is -0.659. The van der Waals surface area contributed by atoms with Crippen LogP contribution >= 0.6 is 0 Å². The smallest absolute Gasteiger partial charge is 0.356 e. The summed E-state index contributed by atoms with van der Waals surface area (Å²) < 4.78 is 18.9. The van der Waals surface area contributed by atoms with E-state index in [0.717, 1.165) is 6.07 Å². The van der Waals surface area contributed by atoms with Gasteiger partial charge in [0.25, 0.3) is 5.91 Å². The first-order valence-corrected chi connectivity index (χ1v) is 12.5. The highest BCUT2D eigenvalue weighted by Crippen LogP contribution is 2.42. The Morgan fingerprint density at radius 3 is 2.26 bits per heavy atom. The number of rotatable bonds is 6. The van der Waals surface area contributed by atoms with Crippen molar-refractivity contribution in [3.05, 3.63) is 64.5 Å². The van der Waals surface area contributed by atoms with Gasteiger partial charge in [-0.3, -0.25) is 24.4 Å². The number of morpholine rings is 1. The number of fused-ring (bicyclic) bond motifs is 1. The van der Waals surface area contributed by atoms with Crippen molar-refractivity contribution in [3.63, 3.8) is 0 Å². The number of anilines is 1. The molecule has 2 saturated heterocycles. The zero-order valence-electron chi connectivity index (χ0n) is 21.6. The number of piperidine rings is 1. The van der Waals surface area contributed by atoms with Gasteiger partial charge >= 0.3 is 23.8 Å². The summed E-state index contributed by atoms with van der Waals surface area (Å²) in [4.78, 5) is 37.8. The van der Waals surface area contributed by atoms with Crippen LogP contribution in [-0.4, -0.2) is 98.2 Å². The Bertz CT molecular complexity index is 1440. The summed E-state index contributed by atoms with van der Waals surface area (Å²) in [6.07, 6.45) is 0.283. The number of nitrogens with one attached hydrogen (secondary N) is 2. The molecule has 2 fully saturated rings. The van der Waals surface area contributed by atoms with Crippen molar-refractivity contribution in [3.8, 4) is 0 Å². The molecule has 1 atom stereocenters. The molecule has 0 aliphatic carbocycles. The SMILES string of the molecule is O=C1CCC(N2Cc3c(NCc4ccc(CN5C(O)(O)C(O)(O)OC(O)(O)C5(O)O)cc4F)cccc3C2=O)C(=O)N1. The quantitative estimate of drug-likeness (QED) is 0.116. The molecule has 0 radical (unpaired) electrons. The fourth-order valence-corrected chi connectivity index (χ4v) is 5.08. The van der Waals surface area contributed by atoms with E-state index in [4.69, 9.17) is 0 Å². The highest BCUT2D eigenvalue weighted by Gasteiger charge is 2.74. The van der Waals surface area contributed by atoms with Gasteiger partial charge in [-0.1, -0.05) is 18.2 Å². The van der Waals surface area contributed by atoms with Gasteiger partial charge in [-0.2, -0.15) is 4.90 Å². The van der Waals surface area contributed by atoms with Crippen LogP contribution in [0.2, 0.25) is 0 Å². The average molecular weight is 595 g/mol. The van der Waals surface area contributed by atoms with E-state index in [-0.39, 0.29) is 47.9 Å². The molecule has 3 amide bonds. The number of imide groups is 1. The standard InChI is InChI=1S/C25H27FN4O12/c26-16-8-12(10-30-22(34,35)24(38,39)42-25(40,41)23(30,36)37)4-5-13(16)9-27-17-3-1-2-14-15(17)11-29(21(14)33)18-6-7-19(31)28-20(18)32/h1-5,8,18,27,34-41H,6-7,9-11H2,(H,28,31,32). The molecule has 3 aliphatic rings. The third-order valence-electron chi connectivity index (χ3n) is 7.42. The first-order chi connectivity index (χ1) is 19.5. The summed E-state index contributed by atoms with van der Waals surface area (Å²) >= 11 is 0. The minimum Gasteiger partial charge on any atom is -0.381 e. The fraction of sp³-hybridized carbons (Fsp3) is 0.400. The van der Waals surface area contributed by atoms with Crippen molar-refractivity contribution in [1.29, 1.82) is 0 Å². The number of carbonyl (C=O) groups excluding carboxylic acids is 3. The van der Waals surface area contributed by atoms with Crippen LogP contribution in [0.5, 0.6) is 0 Å². The van der Waals surface area contributed by atoms with Crippen LogP contribution in [0.15, 0.2) is 36.4 Å². The van der Waals surface area contributed by atoms with E-state index in [0.29, 0.717) is 16.8 Å². The molecule has 0 aromatic heterocycles. The Balaban J connectivity index is 1.31. The summed E-state index contributed by atoms with van der Waals surface area (Å²) in [5, 5.41) is 84.4. The molecule has 3 aliphatic heterocycles. The lowest BCUT2D eigenvalue weighted by Gasteiger charge is -2.55. The third-order valence-corrected chi connectivity index (χ3v) is 7.42. The van der Waals surface area contributed by atoms with E-state index in [2.05, 4.69) is 15.4 Å². The monoisotopic (exact) mass is 594 g/mol. The van der Waals surface area contributed by atoms with Gasteiger partial charge in [-0.15, -0.1) is 0 Å². The number of aliphatic hydroxyl groups is 8. The minimum absolute atomic E-state index is 0.0699. The Morgan fingerprint density at radius 1 is 0.976 bits per heavy atom. The van der Waals surface area contributed by atoms with E-state index in [1.165, 1.54) is 17.0 Å². The van der Waals surface area contributed by atoms with Gasteiger partial charge in [0.2, 0.25) is 11.8 Å². The summed E-state index contributed by atoms with van der Waals surface area (Å²) in [7, 11) is 0. The van der Waals surface area contributed by atoms with Gasteiger partial charge in [0.1, 0.15) is 11.9 Å². The Kier molecular flexibility index (Phi) is 7.10. The van der Waals surface area contributed by atoms with Crippen molar-refractivity contribution in [2.24, 2.45) is 0 Å². The zero-order chi connectivity index (χ0) is 30.8. The molecule has 2 aromatic rings. The predicted molar refractivity (Wildman–Crippen MR) is 132 cm³/mol. The van der Waals surface area contributed by atoms with Gasteiger partial charge < -0.3 is 51.1 Å². The highest BCUT2D eigenvalue weighted by molar-refractivity contribution is 6.06. The van der Waals surface area contributed by atoms with Gasteiger partial charge in [-0.05, 0) is 30.2 Å². The minimum atomic E-state index is -4.13. The second kappa shape index (κ2) is 9.99. The summed E-state index contributed by atoms with van der Waals surface area (Å²) in [6, 6.07) is 7.32. The van der Waals surface area contributed by atoms with E-state index in [1.807, 2.05) is 0 Å². The van der Waals surface area contributed by atoms with Crippen molar-refractivity contribution >= 4 is 23.4 Å². The number of hydrogen-bond acceptors (Lipinski definition) is 14. The highest BCUT2D eigenvalue weighted by atomic mass is 19.1. The van der Waals surface area contributed by atoms with E-state index in [9.17, 15) is 55.2 Å². The summed E-state index contributed by atoms with van der Waals surface area (Å²) in [5.41, 5.74) is 1.25. The summed E-state index contributed by atoms with van der Waals surface area (Å²) in [6.45, 7) is -1.11. The first-order valence-electron chi connectivity index (χ1n) is 12.5. The number of hydrogen-bond donors (Lipinski definition) is 10. The molecule has 0 bridgehead atoms. The Labute approximate surface area is 235 Å². The molecule has 1 unspecified atom stereocenters. The third kappa shape index (κ3) is 4.80. The first kappa shape index (κ1) is 29.9. The van der Waals surface area contributed by atoms with Crippen molar-refractivity contribution in [2.75, 3.05) is 5.32 Å². The molecule has 2 aromatic carbocycles. The normalized spacial score (nSPS) is 24.4. The lowest BCUT2D eigenvalue weighted by atomic mass is 10.0. The molecule has 0 saturated carbocycles. The molecular formula is C25H27FN4O12. The maximum Gasteiger partial charge on any atom is 0.356 e. The zero-order valence-corrected chi connectivity index (χ0v) is 21.6. The van der Waals surface area contributed by atoms with Crippen LogP contribution in [0.1, 0.15) is 39.9 Å². The number of amides is 3. The lowest BCUT2D eigenvalue weighted by Crippen LogP contribution is -2.83. The molecule has 0 spiro atoms. The maximum atomic E-state index is 15.0. The number of carbonyl (C=O) groups is 3. The molecule has 10 N–H and O–H groups in total. The van der Waals surface area contributed by atoms with E-state index < -0.39 is 54.0 Å². The van der Waals surface area contributed by atoms with Gasteiger partial charge in [0, 0.05) is 48.4 Å². The second-order valence-corrected chi connectivity index (χ2v) is 10.2. The van der Waals surface area contributed by atoms with Crippen LogP contribution < -0.4 is 10.6 Å². The number of ether oxygens (including phenoxy) is 1. The Hall–Kier alpha value is -3.62. The number of benzene rings is 2. The molecule has 16 nitrogen and oxygen atoms in total. The van der Waals surface area contributed by atoms with E-state index >= 15 is 4.39 Å². The fourth-order valence-electron chi connectivity index (χ4n) is 5.08. The van der Waals surface area contributed by atoms with Crippen LogP contribution in [0.4, 0.5) is 10.1 Å².